The maximum atomic E-state index is 12.9. The molecule has 0 aliphatic rings. The number of carbonyl (C=O) groups is 2. The number of halogens is 1. The molecule has 1 aromatic carbocycles. The van der Waals surface area contributed by atoms with Gasteiger partial charge >= 0.3 is 5.97 Å². The zero-order valence-electron chi connectivity index (χ0n) is 7.81. The molecule has 0 saturated heterocycles. The molecule has 0 amide bonds. The number of carbonyl (C=O) groups excluding carboxylic acids is 1. The first-order chi connectivity index (χ1) is 7.13. The highest BCUT2D eigenvalue weighted by Crippen LogP contribution is 2.11. The molecule has 1 N–H and O–H groups in total. The highest BCUT2D eigenvalue weighted by atomic mass is 19.1. The highest BCUT2D eigenvalue weighted by molar-refractivity contribution is 5.88. The molecular formula is C11H9FO3. The number of allylic oxidation sites excluding steroid dienone is 1. The van der Waals surface area contributed by atoms with Gasteiger partial charge in [-0.3, -0.25) is 0 Å². The summed E-state index contributed by atoms with van der Waals surface area (Å²) in [5.74, 6) is -1.79. The summed E-state index contributed by atoms with van der Waals surface area (Å²) in [6.45, 7) is 0. The van der Waals surface area contributed by atoms with Crippen molar-refractivity contribution in [3.63, 3.8) is 0 Å². The first kappa shape index (κ1) is 11.1. The van der Waals surface area contributed by atoms with Crippen molar-refractivity contribution in [2.75, 3.05) is 0 Å². The second-order valence-electron chi connectivity index (χ2n) is 2.88. The highest BCUT2D eigenvalue weighted by Gasteiger charge is 2.05. The SMILES string of the molecule is O=CCC=Cc1cc(F)cc(C(=O)O)c1. The summed E-state index contributed by atoms with van der Waals surface area (Å²) in [5, 5.41) is 8.66. The topological polar surface area (TPSA) is 54.4 Å². The predicted octanol–water partition coefficient (Wildman–Crippen LogP) is 2.13. The lowest BCUT2D eigenvalue weighted by molar-refractivity contribution is -0.107. The second kappa shape index (κ2) is 5.05. The van der Waals surface area contributed by atoms with Crippen LogP contribution < -0.4 is 0 Å². The van der Waals surface area contributed by atoms with E-state index in [1.807, 2.05) is 0 Å². The van der Waals surface area contributed by atoms with E-state index in [2.05, 4.69) is 0 Å². The van der Waals surface area contributed by atoms with Crippen molar-refractivity contribution in [1.82, 2.24) is 0 Å². The van der Waals surface area contributed by atoms with Crippen LogP contribution in [0.1, 0.15) is 22.3 Å². The maximum Gasteiger partial charge on any atom is 0.335 e. The number of hydrogen-bond acceptors (Lipinski definition) is 2. The Bertz CT molecular complexity index is 410. The number of hydrogen-bond donors (Lipinski definition) is 1. The summed E-state index contributed by atoms with van der Waals surface area (Å²) in [6, 6.07) is 3.49. The molecule has 0 unspecified atom stereocenters. The molecule has 0 aliphatic carbocycles. The van der Waals surface area contributed by atoms with Crippen molar-refractivity contribution in [2.24, 2.45) is 0 Å². The van der Waals surface area contributed by atoms with Gasteiger partial charge in [0, 0.05) is 6.42 Å². The van der Waals surface area contributed by atoms with Crippen LogP contribution in [0.15, 0.2) is 24.3 Å². The molecule has 0 spiro atoms. The average Bonchev–Trinajstić information content (AvgIpc) is 2.17. The van der Waals surface area contributed by atoms with E-state index in [1.54, 1.807) is 0 Å². The second-order valence-corrected chi connectivity index (χ2v) is 2.88. The molecular weight excluding hydrogens is 199 g/mol. The Labute approximate surface area is 85.8 Å². The molecule has 0 aromatic heterocycles. The standard InChI is InChI=1S/C11H9FO3/c12-10-6-8(3-1-2-4-13)5-9(7-10)11(14)15/h1,3-7H,2H2,(H,14,15). The van der Waals surface area contributed by atoms with Gasteiger partial charge < -0.3 is 9.90 Å². The molecule has 78 valence electrons. The van der Waals surface area contributed by atoms with E-state index in [4.69, 9.17) is 5.11 Å². The lowest BCUT2D eigenvalue weighted by Gasteiger charge is -1.98. The third-order valence-corrected chi connectivity index (χ3v) is 1.71. The van der Waals surface area contributed by atoms with Crippen molar-refractivity contribution in [1.29, 1.82) is 0 Å². The third-order valence-electron chi connectivity index (χ3n) is 1.71. The van der Waals surface area contributed by atoms with E-state index in [1.165, 1.54) is 24.3 Å². The van der Waals surface area contributed by atoms with Crippen LogP contribution >= 0.6 is 0 Å². The Morgan fingerprint density at radius 1 is 1.40 bits per heavy atom. The molecule has 15 heavy (non-hydrogen) atoms. The Balaban J connectivity index is 2.98. The number of rotatable bonds is 4. The zero-order chi connectivity index (χ0) is 11.3. The van der Waals surface area contributed by atoms with E-state index in [9.17, 15) is 14.0 Å². The lowest BCUT2D eigenvalue weighted by Crippen LogP contribution is -1.97. The van der Waals surface area contributed by atoms with Crippen LogP contribution in [0.2, 0.25) is 0 Å². The molecule has 0 bridgehead atoms. The first-order valence-electron chi connectivity index (χ1n) is 4.27. The van der Waals surface area contributed by atoms with Crippen LogP contribution in [0.4, 0.5) is 4.39 Å². The van der Waals surface area contributed by atoms with E-state index >= 15 is 0 Å². The molecule has 1 rings (SSSR count). The van der Waals surface area contributed by atoms with Gasteiger partial charge in [0.05, 0.1) is 5.56 Å². The quantitative estimate of drug-likeness (QED) is 0.771. The Morgan fingerprint density at radius 2 is 2.13 bits per heavy atom. The third kappa shape index (κ3) is 3.34. The minimum atomic E-state index is -1.18. The molecule has 0 fully saturated rings. The Hall–Kier alpha value is -1.97. The monoisotopic (exact) mass is 208 g/mol. The van der Waals surface area contributed by atoms with E-state index in [0.717, 1.165) is 6.07 Å². The van der Waals surface area contributed by atoms with Gasteiger partial charge in [-0.2, -0.15) is 0 Å². The van der Waals surface area contributed by atoms with Gasteiger partial charge in [-0.25, -0.2) is 9.18 Å². The summed E-state index contributed by atoms with van der Waals surface area (Å²) in [6.07, 6.45) is 3.96. The molecule has 0 radical (unpaired) electrons. The average molecular weight is 208 g/mol. The van der Waals surface area contributed by atoms with Crippen LogP contribution in [0.5, 0.6) is 0 Å². The first-order valence-corrected chi connectivity index (χ1v) is 4.27. The normalized spacial score (nSPS) is 10.5. The van der Waals surface area contributed by atoms with Gasteiger partial charge in [-0.15, -0.1) is 0 Å². The maximum absolute atomic E-state index is 12.9. The summed E-state index contributed by atoms with van der Waals surface area (Å²) < 4.78 is 12.9. The van der Waals surface area contributed by atoms with Gasteiger partial charge in [0.15, 0.2) is 0 Å². The zero-order valence-corrected chi connectivity index (χ0v) is 7.81. The van der Waals surface area contributed by atoms with Crippen molar-refractivity contribution in [2.45, 2.75) is 6.42 Å². The number of benzene rings is 1. The van der Waals surface area contributed by atoms with Gasteiger partial charge in [-0.05, 0) is 23.8 Å². The largest absolute Gasteiger partial charge is 0.478 e. The van der Waals surface area contributed by atoms with Crippen molar-refractivity contribution >= 4 is 18.3 Å². The van der Waals surface area contributed by atoms with Crippen molar-refractivity contribution < 1.29 is 19.1 Å². The van der Waals surface area contributed by atoms with Crippen LogP contribution in [0, 0.1) is 5.82 Å². The van der Waals surface area contributed by atoms with E-state index in [-0.39, 0.29) is 12.0 Å². The number of aldehydes is 1. The summed E-state index contributed by atoms with van der Waals surface area (Å²) in [5.41, 5.74) is 0.315. The smallest absolute Gasteiger partial charge is 0.335 e. The molecule has 1 aromatic rings. The summed E-state index contributed by atoms with van der Waals surface area (Å²) >= 11 is 0. The Kier molecular flexibility index (Phi) is 3.74. The van der Waals surface area contributed by atoms with Crippen molar-refractivity contribution in [3.05, 3.63) is 41.2 Å². The minimum absolute atomic E-state index is 0.110. The van der Waals surface area contributed by atoms with Crippen LogP contribution in [-0.4, -0.2) is 17.4 Å². The van der Waals surface area contributed by atoms with Crippen LogP contribution in [-0.2, 0) is 4.79 Å². The fourth-order valence-electron chi connectivity index (χ4n) is 1.09. The lowest BCUT2D eigenvalue weighted by atomic mass is 10.1. The van der Waals surface area contributed by atoms with E-state index < -0.39 is 11.8 Å². The Morgan fingerprint density at radius 3 is 2.73 bits per heavy atom. The molecule has 0 saturated carbocycles. The number of carboxylic acids is 1. The van der Waals surface area contributed by atoms with Crippen molar-refractivity contribution in [3.8, 4) is 0 Å². The van der Waals surface area contributed by atoms with Crippen LogP contribution in [0.25, 0.3) is 6.08 Å². The fraction of sp³-hybridized carbons (Fsp3) is 0.0909. The van der Waals surface area contributed by atoms with Gasteiger partial charge in [0.25, 0.3) is 0 Å². The fourth-order valence-corrected chi connectivity index (χ4v) is 1.09. The van der Waals surface area contributed by atoms with Crippen LogP contribution in [0.3, 0.4) is 0 Å². The van der Waals surface area contributed by atoms with E-state index in [0.29, 0.717) is 11.8 Å². The summed E-state index contributed by atoms with van der Waals surface area (Å²) in [7, 11) is 0. The summed E-state index contributed by atoms with van der Waals surface area (Å²) in [4.78, 5) is 20.6. The predicted molar refractivity (Wildman–Crippen MR) is 53.1 cm³/mol. The molecule has 0 heterocycles. The van der Waals surface area contributed by atoms with Gasteiger partial charge in [0.1, 0.15) is 12.1 Å². The van der Waals surface area contributed by atoms with Gasteiger partial charge in [0.2, 0.25) is 0 Å². The van der Waals surface area contributed by atoms with Gasteiger partial charge in [-0.1, -0.05) is 12.2 Å². The molecule has 4 heteroatoms. The minimum Gasteiger partial charge on any atom is -0.478 e. The molecule has 3 nitrogen and oxygen atoms in total. The molecule has 0 aliphatic heterocycles. The number of aromatic carboxylic acids is 1. The molecule has 0 atom stereocenters. The number of carboxylic acid groups (broad SMARTS) is 1.